The number of carbonyl (C=O) groups excluding carboxylic acids is 1. The van der Waals surface area contributed by atoms with Crippen LogP contribution in [0.4, 0.5) is 0 Å². The maximum atomic E-state index is 11.2. The van der Waals surface area contributed by atoms with Crippen molar-refractivity contribution in [2.75, 3.05) is 13.1 Å². The van der Waals surface area contributed by atoms with Gasteiger partial charge in [0.25, 0.3) is 5.91 Å². The molecule has 3 N–H and O–H groups in total. The average Bonchev–Trinajstić information content (AvgIpc) is 2.47. The third-order valence-corrected chi connectivity index (χ3v) is 1.39. The molecule has 0 spiro atoms. The van der Waals surface area contributed by atoms with Crippen molar-refractivity contribution in [3.05, 3.63) is 17.8 Å². The number of nitrogens with zero attached hydrogens (tertiary/aromatic N) is 1. The van der Waals surface area contributed by atoms with Gasteiger partial charge in [-0.25, -0.2) is 4.98 Å². The van der Waals surface area contributed by atoms with Gasteiger partial charge >= 0.3 is 0 Å². The highest BCUT2D eigenvalue weighted by molar-refractivity contribution is 5.92. The number of aryl methyl sites for hydroxylation is 1. The van der Waals surface area contributed by atoms with E-state index in [0.717, 1.165) is 0 Å². The second-order valence-corrected chi connectivity index (χ2v) is 2.30. The number of nitrogens with two attached hydrogens (primary N) is 1. The number of carbonyl (C=O) groups is 1. The molecule has 0 aliphatic carbocycles. The minimum atomic E-state index is -0.244. The molecule has 0 atom stereocenters. The number of hydrogen-bond acceptors (Lipinski definition) is 4. The Hall–Kier alpha value is -1.07. The van der Waals surface area contributed by atoms with Gasteiger partial charge in [-0.15, -0.1) is 12.4 Å². The summed E-state index contributed by atoms with van der Waals surface area (Å²) in [6, 6.07) is 0. The van der Waals surface area contributed by atoms with Gasteiger partial charge in [0.05, 0.1) is 0 Å². The molecule has 0 radical (unpaired) electrons. The molecule has 0 aliphatic rings. The molecule has 0 saturated heterocycles. The van der Waals surface area contributed by atoms with E-state index in [0.29, 0.717) is 24.5 Å². The van der Waals surface area contributed by atoms with Crippen molar-refractivity contribution in [3.63, 3.8) is 0 Å². The van der Waals surface area contributed by atoms with Gasteiger partial charge in [-0.3, -0.25) is 4.79 Å². The van der Waals surface area contributed by atoms with E-state index in [1.54, 1.807) is 6.92 Å². The lowest BCUT2D eigenvalue weighted by Gasteiger charge is -1.99. The van der Waals surface area contributed by atoms with Crippen molar-refractivity contribution in [2.24, 2.45) is 5.73 Å². The smallest absolute Gasteiger partial charge is 0.273 e. The lowest BCUT2D eigenvalue weighted by atomic mass is 10.3. The maximum Gasteiger partial charge on any atom is 0.273 e. The molecule has 74 valence electrons. The monoisotopic (exact) mass is 205 g/mol. The highest BCUT2D eigenvalue weighted by Crippen LogP contribution is 2.02. The summed E-state index contributed by atoms with van der Waals surface area (Å²) in [6.07, 6.45) is 1.24. The Morgan fingerprint density at radius 1 is 1.77 bits per heavy atom. The average molecular weight is 206 g/mol. The van der Waals surface area contributed by atoms with Crippen LogP contribution < -0.4 is 11.1 Å². The van der Waals surface area contributed by atoms with E-state index < -0.39 is 0 Å². The first kappa shape index (κ1) is 11.9. The third-order valence-electron chi connectivity index (χ3n) is 1.39. The molecule has 0 bridgehead atoms. The van der Waals surface area contributed by atoms with E-state index in [4.69, 9.17) is 10.2 Å². The second kappa shape index (κ2) is 5.55. The van der Waals surface area contributed by atoms with Gasteiger partial charge in [-0.05, 0) is 6.92 Å². The van der Waals surface area contributed by atoms with E-state index in [9.17, 15) is 4.79 Å². The Bertz CT molecular complexity index is 274. The van der Waals surface area contributed by atoms with Crippen molar-refractivity contribution in [1.29, 1.82) is 0 Å². The predicted molar refractivity (Wildman–Crippen MR) is 49.9 cm³/mol. The fourth-order valence-corrected chi connectivity index (χ4v) is 0.793. The van der Waals surface area contributed by atoms with Crippen molar-refractivity contribution in [1.82, 2.24) is 10.3 Å². The molecule has 1 rings (SSSR count). The molecule has 0 aliphatic heterocycles. The first-order valence-corrected chi connectivity index (χ1v) is 3.64. The maximum absolute atomic E-state index is 11.2. The minimum Gasteiger partial charge on any atom is -0.448 e. The standard InChI is InChI=1S/C7H11N3O2.ClH/c1-5-6(10-4-12-5)7(11)9-3-2-8;/h4H,2-3,8H2,1H3,(H,9,11);1H. The largest absolute Gasteiger partial charge is 0.448 e. The highest BCUT2D eigenvalue weighted by Gasteiger charge is 2.11. The predicted octanol–water partition coefficient (Wildman–Crippen LogP) is 0.0933. The Morgan fingerprint density at radius 2 is 2.46 bits per heavy atom. The van der Waals surface area contributed by atoms with Crippen LogP contribution >= 0.6 is 12.4 Å². The summed E-state index contributed by atoms with van der Waals surface area (Å²) in [4.78, 5) is 14.9. The van der Waals surface area contributed by atoms with E-state index in [-0.39, 0.29) is 18.3 Å². The Balaban J connectivity index is 0.00000144. The SMILES string of the molecule is Cc1ocnc1C(=O)NCCN.Cl. The topological polar surface area (TPSA) is 81.2 Å². The van der Waals surface area contributed by atoms with Crippen molar-refractivity contribution >= 4 is 18.3 Å². The van der Waals surface area contributed by atoms with Crippen LogP contribution in [-0.4, -0.2) is 24.0 Å². The first-order chi connectivity index (χ1) is 5.75. The summed E-state index contributed by atoms with van der Waals surface area (Å²) in [5.41, 5.74) is 5.53. The molecule has 1 heterocycles. The van der Waals surface area contributed by atoms with E-state index in [1.807, 2.05) is 0 Å². The van der Waals surface area contributed by atoms with Gasteiger partial charge in [-0.1, -0.05) is 0 Å². The zero-order valence-electron chi connectivity index (χ0n) is 7.24. The summed E-state index contributed by atoms with van der Waals surface area (Å²) in [6.45, 7) is 2.55. The van der Waals surface area contributed by atoms with Gasteiger partial charge in [0, 0.05) is 13.1 Å². The zero-order valence-corrected chi connectivity index (χ0v) is 8.06. The summed E-state index contributed by atoms with van der Waals surface area (Å²) < 4.78 is 4.86. The summed E-state index contributed by atoms with van der Waals surface area (Å²) in [5.74, 6) is 0.274. The van der Waals surface area contributed by atoms with Crippen LogP contribution in [-0.2, 0) is 0 Å². The van der Waals surface area contributed by atoms with Gasteiger partial charge < -0.3 is 15.5 Å². The number of nitrogens with one attached hydrogen (secondary N) is 1. The summed E-state index contributed by atoms with van der Waals surface area (Å²) in [5, 5.41) is 2.59. The van der Waals surface area contributed by atoms with Crippen LogP contribution in [0.25, 0.3) is 0 Å². The fraction of sp³-hybridized carbons (Fsp3) is 0.429. The molecule has 6 heteroatoms. The number of amides is 1. The lowest BCUT2D eigenvalue weighted by Crippen LogP contribution is -2.29. The van der Waals surface area contributed by atoms with Crippen LogP contribution in [0, 0.1) is 6.92 Å². The van der Waals surface area contributed by atoms with Gasteiger partial charge in [0.1, 0.15) is 5.76 Å². The summed E-state index contributed by atoms with van der Waals surface area (Å²) >= 11 is 0. The molecule has 1 amide bonds. The zero-order chi connectivity index (χ0) is 8.97. The van der Waals surface area contributed by atoms with E-state index in [1.165, 1.54) is 6.39 Å². The third kappa shape index (κ3) is 3.04. The number of oxazole rings is 1. The van der Waals surface area contributed by atoms with Crippen molar-refractivity contribution in [3.8, 4) is 0 Å². The number of halogens is 1. The number of rotatable bonds is 3. The molecule has 13 heavy (non-hydrogen) atoms. The van der Waals surface area contributed by atoms with Crippen LogP contribution in [0.1, 0.15) is 16.2 Å². The van der Waals surface area contributed by atoms with Crippen LogP contribution in [0.15, 0.2) is 10.8 Å². The normalized spacial score (nSPS) is 9.08. The molecular formula is C7H12ClN3O2. The molecule has 1 aromatic rings. The first-order valence-electron chi connectivity index (χ1n) is 3.64. The number of aromatic nitrogens is 1. The fourth-order valence-electron chi connectivity index (χ4n) is 0.793. The molecule has 0 fully saturated rings. The van der Waals surface area contributed by atoms with Crippen LogP contribution in [0.5, 0.6) is 0 Å². The van der Waals surface area contributed by atoms with Gasteiger partial charge in [0.15, 0.2) is 12.1 Å². The molecule has 0 aromatic carbocycles. The quantitative estimate of drug-likeness (QED) is 0.733. The van der Waals surface area contributed by atoms with Crippen LogP contribution in [0.2, 0.25) is 0 Å². The van der Waals surface area contributed by atoms with Crippen molar-refractivity contribution in [2.45, 2.75) is 6.92 Å². The Morgan fingerprint density at radius 3 is 2.92 bits per heavy atom. The van der Waals surface area contributed by atoms with Gasteiger partial charge in [0.2, 0.25) is 0 Å². The second-order valence-electron chi connectivity index (χ2n) is 2.30. The molecule has 1 aromatic heterocycles. The van der Waals surface area contributed by atoms with E-state index >= 15 is 0 Å². The molecule has 5 nitrogen and oxygen atoms in total. The Kier molecular flexibility index (Phi) is 5.10. The minimum absolute atomic E-state index is 0. The molecular weight excluding hydrogens is 194 g/mol. The van der Waals surface area contributed by atoms with Crippen LogP contribution in [0.3, 0.4) is 0 Å². The lowest BCUT2D eigenvalue weighted by molar-refractivity contribution is 0.0949. The number of hydrogen-bond donors (Lipinski definition) is 2. The van der Waals surface area contributed by atoms with E-state index in [2.05, 4.69) is 10.3 Å². The van der Waals surface area contributed by atoms with Crippen molar-refractivity contribution < 1.29 is 9.21 Å². The Labute approximate surface area is 82.1 Å². The summed E-state index contributed by atoms with van der Waals surface area (Å²) in [7, 11) is 0. The highest BCUT2D eigenvalue weighted by atomic mass is 35.5. The molecule has 0 unspecified atom stereocenters. The molecule has 0 saturated carbocycles. The van der Waals surface area contributed by atoms with Gasteiger partial charge in [-0.2, -0.15) is 0 Å².